The van der Waals surface area contributed by atoms with Gasteiger partial charge in [0.05, 0.1) is 5.02 Å². The zero-order valence-corrected chi connectivity index (χ0v) is 11.7. The number of rotatable bonds is 2. The van der Waals surface area contributed by atoms with E-state index in [1.165, 1.54) is 41.0 Å². The molecule has 0 unspecified atom stereocenters. The molecule has 1 N–H and O–H groups in total. The van der Waals surface area contributed by atoms with Crippen LogP contribution >= 0.6 is 22.9 Å². The second-order valence-corrected chi connectivity index (χ2v) is 5.30. The number of nitrogens with one attached hydrogen (secondary N) is 1. The van der Waals surface area contributed by atoms with E-state index < -0.39 is 5.82 Å². The third kappa shape index (κ3) is 2.23. The number of anilines is 1. The van der Waals surface area contributed by atoms with Crippen molar-refractivity contribution in [3.63, 3.8) is 0 Å². The molecule has 3 aromatic rings. The minimum Gasteiger partial charge on any atom is -0.301 e. The Bertz CT molecular complexity index is 814. The smallest absolute Gasteiger partial charge is 0.236 e. The summed E-state index contributed by atoms with van der Waals surface area (Å²) in [5, 5.41) is 15.1. The van der Waals surface area contributed by atoms with Crippen molar-refractivity contribution >= 4 is 38.9 Å². The Morgan fingerprint density at radius 3 is 2.95 bits per heavy atom. The van der Waals surface area contributed by atoms with Gasteiger partial charge in [-0.3, -0.25) is 4.79 Å². The van der Waals surface area contributed by atoms with E-state index in [9.17, 15) is 9.18 Å². The van der Waals surface area contributed by atoms with Gasteiger partial charge in [0.15, 0.2) is 5.82 Å². The highest BCUT2D eigenvalue weighted by Crippen LogP contribution is 2.26. The molecule has 0 aliphatic heterocycles. The van der Waals surface area contributed by atoms with E-state index in [0.717, 1.165) is 0 Å². The lowest BCUT2D eigenvalue weighted by Gasteiger charge is -1.99. The molecule has 6 nitrogen and oxygen atoms in total. The minimum absolute atomic E-state index is 0.00318. The average Bonchev–Trinajstić information content (AvgIpc) is 2.91. The molecule has 0 saturated heterocycles. The van der Waals surface area contributed by atoms with E-state index in [2.05, 4.69) is 20.6 Å². The van der Waals surface area contributed by atoms with Crippen molar-refractivity contribution in [1.29, 1.82) is 0 Å². The van der Waals surface area contributed by atoms with E-state index in [-0.39, 0.29) is 10.9 Å². The van der Waals surface area contributed by atoms with Gasteiger partial charge < -0.3 is 5.32 Å². The summed E-state index contributed by atoms with van der Waals surface area (Å²) in [6, 6.07) is 4.24. The minimum atomic E-state index is -0.506. The van der Waals surface area contributed by atoms with Gasteiger partial charge in [-0.25, -0.2) is 4.39 Å². The summed E-state index contributed by atoms with van der Waals surface area (Å²) in [5.74, 6) is -0.301. The normalized spacial score (nSPS) is 10.9. The molecule has 1 amide bonds. The summed E-state index contributed by atoms with van der Waals surface area (Å²) in [7, 11) is 0. The topological polar surface area (TPSA) is 72.2 Å². The molecule has 9 heteroatoms. The SMILES string of the molecule is CC(=O)Nc1nn2c(-c3ccc(F)c(Cl)c3)nnc2s1. The number of halogens is 2. The first kappa shape index (κ1) is 12.9. The Morgan fingerprint density at radius 2 is 2.25 bits per heavy atom. The van der Waals surface area contributed by atoms with Crippen molar-refractivity contribution in [2.75, 3.05) is 5.32 Å². The van der Waals surface area contributed by atoms with E-state index >= 15 is 0 Å². The average molecular weight is 312 g/mol. The fourth-order valence-corrected chi connectivity index (χ4v) is 2.60. The first-order chi connectivity index (χ1) is 9.54. The van der Waals surface area contributed by atoms with Crippen LogP contribution in [-0.2, 0) is 4.79 Å². The van der Waals surface area contributed by atoms with Crippen LogP contribution in [0.3, 0.4) is 0 Å². The van der Waals surface area contributed by atoms with Crippen molar-refractivity contribution in [3.05, 3.63) is 29.0 Å². The zero-order valence-electron chi connectivity index (χ0n) is 10.1. The number of fused-ring (bicyclic) bond motifs is 1. The number of hydrogen-bond donors (Lipinski definition) is 1. The molecule has 0 aliphatic carbocycles. The predicted molar refractivity (Wildman–Crippen MR) is 73.4 cm³/mol. The molecule has 2 aromatic heterocycles. The summed E-state index contributed by atoms with van der Waals surface area (Å²) in [6.07, 6.45) is 0. The number of aromatic nitrogens is 4. The fraction of sp³-hybridized carbons (Fsp3) is 0.0909. The van der Waals surface area contributed by atoms with Gasteiger partial charge in [0, 0.05) is 12.5 Å². The van der Waals surface area contributed by atoms with E-state index in [1.807, 2.05) is 0 Å². The standard InChI is InChI=1S/C11H7ClFN5OS/c1-5(19)14-10-17-18-9(15-16-11(18)20-10)6-2-3-8(13)7(12)4-6/h2-4H,1H3,(H,14,17,19). The Kier molecular flexibility index (Phi) is 3.11. The van der Waals surface area contributed by atoms with Crippen molar-refractivity contribution < 1.29 is 9.18 Å². The van der Waals surface area contributed by atoms with Crippen molar-refractivity contribution in [2.24, 2.45) is 0 Å². The lowest BCUT2D eigenvalue weighted by atomic mass is 10.2. The first-order valence-electron chi connectivity index (χ1n) is 5.50. The second-order valence-electron chi connectivity index (χ2n) is 3.94. The van der Waals surface area contributed by atoms with Gasteiger partial charge in [-0.05, 0) is 18.2 Å². The number of nitrogens with zero attached hydrogens (tertiary/aromatic N) is 4. The van der Waals surface area contributed by atoms with Crippen LogP contribution in [0.2, 0.25) is 5.02 Å². The maximum atomic E-state index is 13.2. The summed E-state index contributed by atoms with van der Waals surface area (Å²) >= 11 is 6.94. The highest BCUT2D eigenvalue weighted by molar-refractivity contribution is 7.20. The quantitative estimate of drug-likeness (QED) is 0.789. The second kappa shape index (κ2) is 4.80. The van der Waals surface area contributed by atoms with Gasteiger partial charge in [0.1, 0.15) is 5.82 Å². The van der Waals surface area contributed by atoms with Gasteiger partial charge in [-0.1, -0.05) is 22.9 Å². The third-order valence-electron chi connectivity index (χ3n) is 2.45. The fourth-order valence-electron chi connectivity index (χ4n) is 1.63. The lowest BCUT2D eigenvalue weighted by Crippen LogP contribution is -2.05. The summed E-state index contributed by atoms with van der Waals surface area (Å²) < 4.78 is 14.6. The van der Waals surface area contributed by atoms with E-state index in [4.69, 9.17) is 11.6 Å². The van der Waals surface area contributed by atoms with Gasteiger partial charge in [0.25, 0.3) is 0 Å². The summed E-state index contributed by atoms with van der Waals surface area (Å²) in [6.45, 7) is 1.39. The van der Waals surface area contributed by atoms with Gasteiger partial charge in [0.2, 0.25) is 16.0 Å². The van der Waals surface area contributed by atoms with E-state index in [1.54, 1.807) is 0 Å². The lowest BCUT2D eigenvalue weighted by molar-refractivity contribution is -0.114. The molecule has 0 atom stereocenters. The first-order valence-corrected chi connectivity index (χ1v) is 6.69. The van der Waals surface area contributed by atoms with Crippen LogP contribution in [0.25, 0.3) is 16.3 Å². The molecular weight excluding hydrogens is 305 g/mol. The molecule has 3 rings (SSSR count). The number of hydrogen-bond acceptors (Lipinski definition) is 5. The highest BCUT2D eigenvalue weighted by Gasteiger charge is 2.15. The zero-order chi connectivity index (χ0) is 14.3. The van der Waals surface area contributed by atoms with Gasteiger partial charge >= 0.3 is 0 Å². The Morgan fingerprint density at radius 1 is 1.45 bits per heavy atom. The molecule has 0 fully saturated rings. The molecule has 1 aromatic carbocycles. The summed E-state index contributed by atoms with van der Waals surface area (Å²) in [5.41, 5.74) is 0.587. The molecule has 0 aliphatic rings. The maximum Gasteiger partial charge on any atom is 0.236 e. The number of carbonyl (C=O) groups excluding carboxylic acids is 1. The van der Waals surface area contributed by atoms with Crippen LogP contribution < -0.4 is 5.32 Å². The van der Waals surface area contributed by atoms with Crippen LogP contribution in [0, 0.1) is 5.82 Å². The molecule has 0 bridgehead atoms. The summed E-state index contributed by atoms with van der Waals surface area (Å²) in [4.78, 5) is 11.5. The van der Waals surface area contributed by atoms with Gasteiger partial charge in [-0.15, -0.1) is 15.3 Å². The molecule has 0 saturated carbocycles. The molecule has 102 valence electrons. The van der Waals surface area contributed by atoms with Crippen LogP contribution in [0.5, 0.6) is 0 Å². The van der Waals surface area contributed by atoms with E-state index in [0.29, 0.717) is 21.5 Å². The van der Waals surface area contributed by atoms with Crippen LogP contribution in [-0.4, -0.2) is 25.7 Å². The largest absolute Gasteiger partial charge is 0.301 e. The Labute approximate surface area is 121 Å². The Hall–Kier alpha value is -2.06. The monoisotopic (exact) mass is 311 g/mol. The van der Waals surface area contributed by atoms with Gasteiger partial charge in [-0.2, -0.15) is 4.52 Å². The van der Waals surface area contributed by atoms with Crippen molar-refractivity contribution in [2.45, 2.75) is 6.92 Å². The third-order valence-corrected chi connectivity index (χ3v) is 3.56. The van der Waals surface area contributed by atoms with Crippen LogP contribution in [0.1, 0.15) is 6.92 Å². The maximum absolute atomic E-state index is 13.2. The number of carbonyl (C=O) groups is 1. The molecule has 20 heavy (non-hydrogen) atoms. The number of benzene rings is 1. The molecular formula is C11H7ClFN5OS. The van der Waals surface area contributed by atoms with Crippen LogP contribution in [0.15, 0.2) is 18.2 Å². The Balaban J connectivity index is 2.08. The molecule has 2 heterocycles. The van der Waals surface area contributed by atoms with Crippen molar-refractivity contribution in [1.82, 2.24) is 19.8 Å². The van der Waals surface area contributed by atoms with Crippen molar-refractivity contribution in [3.8, 4) is 11.4 Å². The highest BCUT2D eigenvalue weighted by atomic mass is 35.5. The molecule has 0 radical (unpaired) electrons. The number of amides is 1. The predicted octanol–water partition coefficient (Wildman–Crippen LogP) is 2.60. The molecule has 0 spiro atoms. The van der Waals surface area contributed by atoms with Crippen LogP contribution in [0.4, 0.5) is 9.52 Å².